The molecule has 1 aliphatic carbocycles. The number of rotatable bonds is 3. The van der Waals surface area contributed by atoms with E-state index in [-0.39, 0.29) is 6.10 Å². The second-order valence-electron chi connectivity index (χ2n) is 3.32. The molecule has 1 heterocycles. The van der Waals surface area contributed by atoms with Crippen molar-refractivity contribution in [3.05, 3.63) is 24.0 Å². The highest BCUT2D eigenvalue weighted by Gasteiger charge is 2.29. The Hall–Kier alpha value is -0.960. The van der Waals surface area contributed by atoms with Crippen molar-refractivity contribution in [1.82, 2.24) is 10.2 Å². The average molecular weight is 164 g/mol. The van der Waals surface area contributed by atoms with Crippen LogP contribution in [0.25, 0.3) is 0 Å². The number of aliphatic hydroxyl groups is 1. The Balaban J connectivity index is 1.94. The van der Waals surface area contributed by atoms with E-state index in [0.29, 0.717) is 12.3 Å². The fraction of sp³-hybridized carbons (Fsp3) is 0.556. The predicted octanol–water partition coefficient (Wildman–Crippen LogP) is 0.790. The maximum atomic E-state index is 9.57. The van der Waals surface area contributed by atoms with Crippen molar-refractivity contribution in [3.63, 3.8) is 0 Å². The highest BCUT2D eigenvalue weighted by Crippen LogP contribution is 2.33. The van der Waals surface area contributed by atoms with Gasteiger partial charge in [0.05, 0.1) is 11.8 Å². The lowest BCUT2D eigenvalue weighted by Crippen LogP contribution is -2.13. The van der Waals surface area contributed by atoms with Gasteiger partial charge in [-0.3, -0.25) is 0 Å². The standard InChI is InChI=1S/C9H12N2O/c12-9(7-3-4-7)6-8-2-1-5-10-11-8/h1-2,5,7,9,12H,3-4,6H2. The van der Waals surface area contributed by atoms with E-state index in [4.69, 9.17) is 0 Å². The Kier molecular flexibility index (Phi) is 2.04. The van der Waals surface area contributed by atoms with E-state index in [1.807, 2.05) is 12.1 Å². The van der Waals surface area contributed by atoms with Crippen LogP contribution in [0.1, 0.15) is 18.5 Å². The number of hydrogen-bond donors (Lipinski definition) is 1. The lowest BCUT2D eigenvalue weighted by atomic mass is 10.1. The molecule has 1 N–H and O–H groups in total. The highest BCUT2D eigenvalue weighted by atomic mass is 16.3. The van der Waals surface area contributed by atoms with Crippen LogP contribution in [0.3, 0.4) is 0 Å². The molecule has 0 saturated heterocycles. The second kappa shape index (κ2) is 3.19. The Morgan fingerprint density at radius 1 is 1.58 bits per heavy atom. The Morgan fingerprint density at radius 2 is 2.42 bits per heavy atom. The third-order valence-corrected chi connectivity index (χ3v) is 2.21. The molecular formula is C9H12N2O. The maximum absolute atomic E-state index is 9.57. The molecule has 0 amide bonds. The van der Waals surface area contributed by atoms with Gasteiger partial charge in [0, 0.05) is 12.6 Å². The summed E-state index contributed by atoms with van der Waals surface area (Å²) < 4.78 is 0. The lowest BCUT2D eigenvalue weighted by molar-refractivity contribution is 0.150. The average Bonchev–Trinajstić information content (AvgIpc) is 2.88. The van der Waals surface area contributed by atoms with Gasteiger partial charge in [-0.1, -0.05) is 0 Å². The quantitative estimate of drug-likeness (QED) is 0.718. The summed E-state index contributed by atoms with van der Waals surface area (Å²) in [7, 11) is 0. The van der Waals surface area contributed by atoms with Gasteiger partial charge in [-0.2, -0.15) is 10.2 Å². The van der Waals surface area contributed by atoms with Crippen molar-refractivity contribution in [2.24, 2.45) is 5.92 Å². The smallest absolute Gasteiger partial charge is 0.0656 e. The van der Waals surface area contributed by atoms with E-state index < -0.39 is 0 Å². The van der Waals surface area contributed by atoms with Gasteiger partial charge >= 0.3 is 0 Å². The first-order valence-corrected chi connectivity index (χ1v) is 4.31. The molecule has 2 rings (SSSR count). The molecule has 0 spiro atoms. The summed E-state index contributed by atoms with van der Waals surface area (Å²) in [6, 6.07) is 3.75. The number of hydrogen-bond acceptors (Lipinski definition) is 3. The van der Waals surface area contributed by atoms with E-state index in [9.17, 15) is 5.11 Å². The Bertz CT molecular complexity index is 246. The van der Waals surface area contributed by atoms with Gasteiger partial charge in [0.2, 0.25) is 0 Å². The van der Waals surface area contributed by atoms with Crippen LogP contribution in [-0.2, 0) is 6.42 Å². The predicted molar refractivity (Wildman–Crippen MR) is 44.5 cm³/mol. The first kappa shape index (κ1) is 7.68. The van der Waals surface area contributed by atoms with Crippen LogP contribution in [0.5, 0.6) is 0 Å². The third kappa shape index (κ3) is 1.80. The highest BCUT2D eigenvalue weighted by molar-refractivity contribution is 5.02. The van der Waals surface area contributed by atoms with Crippen molar-refractivity contribution in [1.29, 1.82) is 0 Å². The molecule has 3 nitrogen and oxygen atoms in total. The minimum absolute atomic E-state index is 0.207. The van der Waals surface area contributed by atoms with E-state index in [2.05, 4.69) is 10.2 Å². The molecule has 1 saturated carbocycles. The van der Waals surface area contributed by atoms with Crippen LogP contribution in [0, 0.1) is 5.92 Å². The van der Waals surface area contributed by atoms with Crippen LogP contribution < -0.4 is 0 Å². The van der Waals surface area contributed by atoms with Crippen LogP contribution in [-0.4, -0.2) is 21.4 Å². The summed E-state index contributed by atoms with van der Waals surface area (Å²) >= 11 is 0. The zero-order chi connectivity index (χ0) is 8.39. The zero-order valence-corrected chi connectivity index (χ0v) is 6.85. The van der Waals surface area contributed by atoms with Crippen molar-refractivity contribution in [2.45, 2.75) is 25.4 Å². The van der Waals surface area contributed by atoms with Crippen LogP contribution >= 0.6 is 0 Å². The fourth-order valence-corrected chi connectivity index (χ4v) is 1.30. The van der Waals surface area contributed by atoms with Gasteiger partial charge in [0.25, 0.3) is 0 Å². The molecule has 0 aliphatic heterocycles. The second-order valence-corrected chi connectivity index (χ2v) is 3.32. The van der Waals surface area contributed by atoms with E-state index in [1.165, 1.54) is 12.8 Å². The first-order valence-electron chi connectivity index (χ1n) is 4.31. The molecule has 64 valence electrons. The Morgan fingerprint density at radius 3 is 3.00 bits per heavy atom. The van der Waals surface area contributed by atoms with Gasteiger partial charge in [0.15, 0.2) is 0 Å². The molecule has 1 unspecified atom stereocenters. The van der Waals surface area contributed by atoms with Crippen LogP contribution in [0.2, 0.25) is 0 Å². The van der Waals surface area contributed by atoms with Crippen LogP contribution in [0.4, 0.5) is 0 Å². The summed E-state index contributed by atoms with van der Waals surface area (Å²) in [6.07, 6.45) is 4.43. The van der Waals surface area contributed by atoms with Gasteiger partial charge in [-0.25, -0.2) is 0 Å². The fourth-order valence-electron chi connectivity index (χ4n) is 1.30. The molecule has 1 atom stereocenters. The van der Waals surface area contributed by atoms with Crippen LogP contribution in [0.15, 0.2) is 18.3 Å². The van der Waals surface area contributed by atoms with Crippen molar-refractivity contribution >= 4 is 0 Å². The monoisotopic (exact) mass is 164 g/mol. The summed E-state index contributed by atoms with van der Waals surface area (Å²) in [4.78, 5) is 0. The molecule has 1 fully saturated rings. The van der Waals surface area contributed by atoms with E-state index in [0.717, 1.165) is 5.69 Å². The SMILES string of the molecule is OC(Cc1cccnn1)C1CC1. The molecule has 0 bridgehead atoms. The summed E-state index contributed by atoms with van der Waals surface area (Å²) in [5, 5.41) is 17.2. The molecule has 12 heavy (non-hydrogen) atoms. The summed E-state index contributed by atoms with van der Waals surface area (Å²) in [6.45, 7) is 0. The summed E-state index contributed by atoms with van der Waals surface area (Å²) in [5.41, 5.74) is 0.886. The first-order chi connectivity index (χ1) is 5.86. The maximum Gasteiger partial charge on any atom is 0.0656 e. The van der Waals surface area contributed by atoms with Crippen molar-refractivity contribution in [2.75, 3.05) is 0 Å². The molecule has 0 radical (unpaired) electrons. The van der Waals surface area contributed by atoms with Crippen molar-refractivity contribution < 1.29 is 5.11 Å². The lowest BCUT2D eigenvalue weighted by Gasteiger charge is -2.06. The summed E-state index contributed by atoms with van der Waals surface area (Å²) in [5.74, 6) is 0.520. The van der Waals surface area contributed by atoms with Gasteiger partial charge in [-0.05, 0) is 30.9 Å². The van der Waals surface area contributed by atoms with Gasteiger partial charge in [0.1, 0.15) is 0 Å². The normalized spacial score (nSPS) is 19.1. The molecule has 1 aromatic heterocycles. The molecule has 1 aliphatic rings. The van der Waals surface area contributed by atoms with Gasteiger partial charge < -0.3 is 5.11 Å². The van der Waals surface area contributed by atoms with E-state index in [1.54, 1.807) is 6.20 Å². The zero-order valence-electron chi connectivity index (χ0n) is 6.85. The molecular weight excluding hydrogens is 152 g/mol. The minimum atomic E-state index is -0.207. The number of aliphatic hydroxyl groups excluding tert-OH is 1. The minimum Gasteiger partial charge on any atom is -0.392 e. The molecule has 1 aromatic rings. The topological polar surface area (TPSA) is 46.0 Å². The molecule has 0 aromatic carbocycles. The van der Waals surface area contributed by atoms with E-state index >= 15 is 0 Å². The number of nitrogens with zero attached hydrogens (tertiary/aromatic N) is 2. The molecule has 3 heteroatoms. The largest absolute Gasteiger partial charge is 0.392 e. The van der Waals surface area contributed by atoms with Crippen molar-refractivity contribution in [3.8, 4) is 0 Å². The third-order valence-electron chi connectivity index (χ3n) is 2.21. The van der Waals surface area contributed by atoms with Gasteiger partial charge in [-0.15, -0.1) is 0 Å². The Labute approximate surface area is 71.5 Å². The number of aromatic nitrogens is 2.